The molecule has 3 rings (SSSR count). The highest BCUT2D eigenvalue weighted by molar-refractivity contribution is 14.0. The third-order valence-corrected chi connectivity index (χ3v) is 6.95. The summed E-state index contributed by atoms with van der Waals surface area (Å²) in [7, 11) is -1.61. The summed E-state index contributed by atoms with van der Waals surface area (Å²) in [6, 6.07) is 10.7. The molecule has 2 aliphatic rings. The van der Waals surface area contributed by atoms with Gasteiger partial charge in [0.15, 0.2) is 5.96 Å². The highest BCUT2D eigenvalue weighted by Gasteiger charge is 2.30. The Morgan fingerprint density at radius 2 is 1.90 bits per heavy atom. The van der Waals surface area contributed by atoms with Crippen molar-refractivity contribution in [3.8, 4) is 0 Å². The molecule has 1 aromatic rings. The molecule has 0 aromatic heterocycles. The molecule has 3 N–H and O–H groups in total. The van der Waals surface area contributed by atoms with Gasteiger partial charge >= 0.3 is 0 Å². The predicted octanol–water partition coefficient (Wildman–Crippen LogP) is 1.91. The van der Waals surface area contributed by atoms with Crippen LogP contribution >= 0.6 is 24.0 Å². The number of guanidine groups is 1. The number of likely N-dealkylation sites (tertiary alicyclic amines) is 1. The van der Waals surface area contributed by atoms with E-state index in [4.69, 9.17) is 0 Å². The second kappa shape index (κ2) is 12.1. The Bertz CT molecular complexity index is 738. The van der Waals surface area contributed by atoms with Gasteiger partial charge < -0.3 is 10.6 Å². The van der Waals surface area contributed by atoms with Gasteiger partial charge in [0.05, 0.1) is 5.75 Å². The number of sulfonamides is 1. The molecular formula is C20H34IN5O2S. The quantitative estimate of drug-likeness (QED) is 0.269. The van der Waals surface area contributed by atoms with Crippen molar-refractivity contribution in [3.05, 3.63) is 35.9 Å². The van der Waals surface area contributed by atoms with Crippen molar-refractivity contribution in [1.29, 1.82) is 0 Å². The number of benzene rings is 1. The molecule has 0 bridgehead atoms. The van der Waals surface area contributed by atoms with E-state index in [1.165, 1.54) is 25.7 Å². The maximum absolute atomic E-state index is 12.2. The lowest BCUT2D eigenvalue weighted by Gasteiger charge is -2.24. The SMILES string of the molecule is CN=C(NCCS(=O)(=O)NCc1ccccc1)NC1CCN(C2CCCC2)C1.I. The fourth-order valence-electron chi connectivity index (χ4n) is 4.06. The Morgan fingerprint density at radius 1 is 1.17 bits per heavy atom. The molecule has 29 heavy (non-hydrogen) atoms. The second-order valence-electron chi connectivity index (χ2n) is 7.69. The van der Waals surface area contributed by atoms with Crippen LogP contribution in [0.4, 0.5) is 0 Å². The first kappa shape index (κ1) is 24.4. The Morgan fingerprint density at radius 3 is 2.59 bits per heavy atom. The molecule has 1 aliphatic carbocycles. The van der Waals surface area contributed by atoms with Gasteiger partial charge in [0.1, 0.15) is 0 Å². The number of hydrogen-bond acceptors (Lipinski definition) is 4. The number of halogens is 1. The standard InChI is InChI=1S/C20H33N5O2S.HI/c1-21-20(24-18-11-13-25(16-18)19-9-5-6-10-19)22-12-14-28(26,27)23-15-17-7-3-2-4-8-17;/h2-4,7-8,18-19,23H,5-6,9-16H2,1H3,(H2,21,22,24);1H. The van der Waals surface area contributed by atoms with Crippen LogP contribution in [0.25, 0.3) is 0 Å². The first-order valence-corrected chi connectivity index (χ1v) is 11.9. The third kappa shape index (κ3) is 8.03. The minimum Gasteiger partial charge on any atom is -0.355 e. The molecule has 1 aliphatic heterocycles. The summed E-state index contributed by atoms with van der Waals surface area (Å²) in [6.45, 7) is 2.82. The van der Waals surface area contributed by atoms with Gasteiger partial charge in [-0.05, 0) is 24.8 Å². The lowest BCUT2D eigenvalue weighted by molar-refractivity contribution is 0.242. The molecule has 2 fully saturated rings. The zero-order valence-corrected chi connectivity index (χ0v) is 20.3. The van der Waals surface area contributed by atoms with Crippen molar-refractivity contribution in [2.75, 3.05) is 32.4 Å². The third-order valence-electron chi connectivity index (χ3n) is 5.63. The van der Waals surface area contributed by atoms with Crippen LogP contribution in [0.3, 0.4) is 0 Å². The molecule has 164 valence electrons. The normalized spacial score (nSPS) is 21.1. The largest absolute Gasteiger partial charge is 0.355 e. The summed E-state index contributed by atoms with van der Waals surface area (Å²) in [5.74, 6) is 0.691. The summed E-state index contributed by atoms with van der Waals surface area (Å²) in [5, 5.41) is 6.58. The summed E-state index contributed by atoms with van der Waals surface area (Å²) < 4.78 is 27.0. The molecule has 0 amide bonds. The minimum atomic E-state index is -3.33. The fraction of sp³-hybridized carbons (Fsp3) is 0.650. The number of nitrogens with zero attached hydrogens (tertiary/aromatic N) is 2. The van der Waals surface area contributed by atoms with E-state index in [1.807, 2.05) is 30.3 Å². The van der Waals surface area contributed by atoms with Gasteiger partial charge in [-0.2, -0.15) is 0 Å². The number of nitrogens with one attached hydrogen (secondary N) is 3. The second-order valence-corrected chi connectivity index (χ2v) is 9.61. The molecule has 1 saturated carbocycles. The Kier molecular flexibility index (Phi) is 10.1. The van der Waals surface area contributed by atoms with Gasteiger partial charge in [-0.3, -0.25) is 9.89 Å². The monoisotopic (exact) mass is 535 g/mol. The Labute approximate surface area is 192 Å². The minimum absolute atomic E-state index is 0. The molecule has 1 heterocycles. The van der Waals surface area contributed by atoms with E-state index in [0.717, 1.165) is 31.1 Å². The molecule has 1 saturated heterocycles. The summed E-state index contributed by atoms with van der Waals surface area (Å²) >= 11 is 0. The van der Waals surface area contributed by atoms with E-state index >= 15 is 0 Å². The van der Waals surface area contributed by atoms with Crippen LogP contribution in [0.15, 0.2) is 35.3 Å². The van der Waals surface area contributed by atoms with Gasteiger partial charge in [0.25, 0.3) is 0 Å². The number of hydrogen-bond donors (Lipinski definition) is 3. The average Bonchev–Trinajstić information content (AvgIpc) is 3.38. The van der Waals surface area contributed by atoms with E-state index in [2.05, 4.69) is 25.2 Å². The van der Waals surface area contributed by atoms with Crippen molar-refractivity contribution in [2.45, 2.75) is 50.7 Å². The Hall–Kier alpha value is -0.910. The van der Waals surface area contributed by atoms with E-state index in [9.17, 15) is 8.42 Å². The van der Waals surface area contributed by atoms with Crippen molar-refractivity contribution in [2.24, 2.45) is 4.99 Å². The van der Waals surface area contributed by atoms with Gasteiger partial charge in [-0.1, -0.05) is 43.2 Å². The van der Waals surface area contributed by atoms with Crippen molar-refractivity contribution in [1.82, 2.24) is 20.3 Å². The highest BCUT2D eigenvalue weighted by atomic mass is 127. The van der Waals surface area contributed by atoms with Crippen molar-refractivity contribution < 1.29 is 8.42 Å². The van der Waals surface area contributed by atoms with Crippen LogP contribution in [0.2, 0.25) is 0 Å². The topological polar surface area (TPSA) is 85.8 Å². The van der Waals surface area contributed by atoms with Crippen LogP contribution in [0, 0.1) is 0 Å². The summed E-state index contributed by atoms with van der Waals surface area (Å²) in [5.41, 5.74) is 0.949. The van der Waals surface area contributed by atoms with Gasteiger partial charge in [0, 0.05) is 45.3 Å². The lowest BCUT2D eigenvalue weighted by atomic mass is 10.2. The molecule has 0 radical (unpaired) electrons. The van der Waals surface area contributed by atoms with E-state index in [1.54, 1.807) is 7.05 Å². The molecular weight excluding hydrogens is 501 g/mol. The zero-order valence-electron chi connectivity index (χ0n) is 17.1. The van der Waals surface area contributed by atoms with Crippen LogP contribution in [0.1, 0.15) is 37.7 Å². The predicted molar refractivity (Wildman–Crippen MR) is 129 cm³/mol. The smallest absolute Gasteiger partial charge is 0.213 e. The molecule has 1 aromatic carbocycles. The first-order valence-electron chi connectivity index (χ1n) is 10.3. The molecule has 0 spiro atoms. The zero-order chi connectivity index (χ0) is 19.8. The molecule has 7 nitrogen and oxygen atoms in total. The van der Waals surface area contributed by atoms with Crippen LogP contribution in [-0.2, 0) is 16.6 Å². The summed E-state index contributed by atoms with van der Waals surface area (Å²) in [6.07, 6.45) is 6.47. The number of rotatable bonds is 8. The van der Waals surface area contributed by atoms with Gasteiger partial charge in [-0.25, -0.2) is 13.1 Å². The van der Waals surface area contributed by atoms with Crippen LogP contribution < -0.4 is 15.4 Å². The molecule has 1 unspecified atom stereocenters. The number of aliphatic imine (C=N–C) groups is 1. The molecule has 9 heteroatoms. The van der Waals surface area contributed by atoms with Gasteiger partial charge in [0.2, 0.25) is 10.0 Å². The molecule has 1 atom stereocenters. The first-order chi connectivity index (χ1) is 13.6. The highest BCUT2D eigenvalue weighted by Crippen LogP contribution is 2.26. The van der Waals surface area contributed by atoms with Crippen LogP contribution in [0.5, 0.6) is 0 Å². The van der Waals surface area contributed by atoms with Crippen molar-refractivity contribution in [3.63, 3.8) is 0 Å². The summed E-state index contributed by atoms with van der Waals surface area (Å²) in [4.78, 5) is 6.84. The lowest BCUT2D eigenvalue weighted by Crippen LogP contribution is -2.46. The maximum Gasteiger partial charge on any atom is 0.213 e. The van der Waals surface area contributed by atoms with Crippen LogP contribution in [-0.4, -0.2) is 63.8 Å². The van der Waals surface area contributed by atoms with Crippen molar-refractivity contribution >= 4 is 40.0 Å². The van der Waals surface area contributed by atoms with E-state index in [-0.39, 0.29) is 29.7 Å². The average molecular weight is 535 g/mol. The van der Waals surface area contributed by atoms with E-state index < -0.39 is 10.0 Å². The fourth-order valence-corrected chi connectivity index (χ4v) is 4.96. The maximum atomic E-state index is 12.2. The van der Waals surface area contributed by atoms with E-state index in [0.29, 0.717) is 25.1 Å². The van der Waals surface area contributed by atoms with Gasteiger partial charge in [-0.15, -0.1) is 24.0 Å². The Balaban J connectivity index is 0.00000300.